The first-order valence-electron chi connectivity index (χ1n) is 15.5. The molecule has 5 aliphatic carbocycles. The van der Waals surface area contributed by atoms with Gasteiger partial charge in [-0.15, -0.1) is 0 Å². The highest BCUT2D eigenvalue weighted by molar-refractivity contribution is 5.95. The van der Waals surface area contributed by atoms with Gasteiger partial charge in [0.25, 0.3) is 0 Å². The Balaban J connectivity index is 1.46. The Labute approximate surface area is 240 Å². The van der Waals surface area contributed by atoms with E-state index in [1.165, 1.54) is 18.2 Å². The Morgan fingerprint density at radius 3 is 2.50 bits per heavy atom. The Morgan fingerprint density at radius 1 is 1.05 bits per heavy atom. The van der Waals surface area contributed by atoms with Gasteiger partial charge in [-0.2, -0.15) is 0 Å². The van der Waals surface area contributed by atoms with E-state index in [-0.39, 0.29) is 56.7 Å². The Bertz CT molecular complexity index is 1250. The van der Waals surface area contributed by atoms with Crippen molar-refractivity contribution in [2.24, 2.45) is 51.2 Å². The van der Waals surface area contributed by atoms with E-state index in [0.717, 1.165) is 57.1 Å². The summed E-state index contributed by atoms with van der Waals surface area (Å²) in [6, 6.07) is 0. The molecule has 6 rings (SSSR count). The molecule has 3 saturated carbocycles. The van der Waals surface area contributed by atoms with E-state index in [1.807, 2.05) is 6.20 Å². The number of aromatic nitrogens is 1. The van der Waals surface area contributed by atoms with Crippen LogP contribution in [-0.4, -0.2) is 37.7 Å². The summed E-state index contributed by atoms with van der Waals surface area (Å²) in [5.41, 5.74) is 1.96. The molecule has 1 heterocycles. The molecule has 1 unspecified atom stereocenters. The van der Waals surface area contributed by atoms with E-state index in [0.29, 0.717) is 18.3 Å². The zero-order chi connectivity index (χ0) is 28.9. The molecule has 0 N–H and O–H groups in total. The fourth-order valence-electron chi connectivity index (χ4n) is 11.5. The minimum Gasteiger partial charge on any atom is -0.469 e. The molecule has 3 fully saturated rings. The zero-order valence-corrected chi connectivity index (χ0v) is 25.9. The van der Waals surface area contributed by atoms with Gasteiger partial charge >= 0.3 is 5.97 Å². The van der Waals surface area contributed by atoms with E-state index in [4.69, 9.17) is 14.0 Å². The molecule has 5 aliphatic rings. The highest BCUT2D eigenvalue weighted by atomic mass is 16.5. The molecule has 0 bridgehead atoms. The van der Waals surface area contributed by atoms with Crippen molar-refractivity contribution >= 4 is 11.8 Å². The van der Waals surface area contributed by atoms with Gasteiger partial charge < -0.3 is 14.0 Å². The summed E-state index contributed by atoms with van der Waals surface area (Å²) >= 11 is 0. The van der Waals surface area contributed by atoms with E-state index < -0.39 is 0 Å². The third-order valence-corrected chi connectivity index (χ3v) is 13.3. The summed E-state index contributed by atoms with van der Waals surface area (Å²) in [5.74, 6) is 1.82. The summed E-state index contributed by atoms with van der Waals surface area (Å²) in [5, 5.41) is 4.26. The predicted octanol–water partition coefficient (Wildman–Crippen LogP) is 6.71. The van der Waals surface area contributed by atoms with Crippen LogP contribution in [0.15, 0.2) is 22.4 Å². The molecule has 6 heteroatoms. The maximum absolute atomic E-state index is 14.5. The fourth-order valence-corrected chi connectivity index (χ4v) is 11.5. The van der Waals surface area contributed by atoms with Crippen molar-refractivity contribution in [1.29, 1.82) is 0 Å². The number of ketones is 1. The van der Waals surface area contributed by atoms with Crippen molar-refractivity contribution < 1.29 is 23.6 Å². The number of hydrogen-bond acceptors (Lipinski definition) is 6. The van der Waals surface area contributed by atoms with Gasteiger partial charge in [-0.05, 0) is 96.9 Å². The number of carbonyl (C=O) groups is 2. The average Bonchev–Trinajstić information content (AvgIpc) is 3.36. The maximum atomic E-state index is 14.5. The smallest absolute Gasteiger partial charge is 0.308 e. The molecule has 0 spiro atoms. The van der Waals surface area contributed by atoms with Crippen molar-refractivity contribution in [3.05, 3.63) is 29.2 Å². The predicted molar refractivity (Wildman–Crippen MR) is 152 cm³/mol. The summed E-state index contributed by atoms with van der Waals surface area (Å²) in [7, 11) is 3.28. The molecule has 0 saturated heterocycles. The topological polar surface area (TPSA) is 78.6 Å². The van der Waals surface area contributed by atoms with Gasteiger partial charge in [0.15, 0.2) is 5.78 Å². The monoisotopic (exact) mass is 551 g/mol. The molecule has 40 heavy (non-hydrogen) atoms. The summed E-state index contributed by atoms with van der Waals surface area (Å²) in [4.78, 5) is 27.5. The van der Waals surface area contributed by atoms with Crippen LogP contribution < -0.4 is 0 Å². The second-order valence-corrected chi connectivity index (χ2v) is 15.8. The van der Waals surface area contributed by atoms with E-state index in [9.17, 15) is 9.59 Å². The minimum atomic E-state index is -0.198. The number of methoxy groups -OCH3 is 2. The number of allylic oxidation sites excluding steroid dienone is 2. The first-order valence-corrected chi connectivity index (χ1v) is 15.5. The van der Waals surface area contributed by atoms with Gasteiger partial charge in [-0.25, -0.2) is 0 Å². The van der Waals surface area contributed by atoms with Crippen LogP contribution >= 0.6 is 0 Å². The van der Waals surface area contributed by atoms with E-state index in [2.05, 4.69) is 52.8 Å². The number of esters is 1. The molecule has 9 atom stereocenters. The molecule has 1 aromatic rings. The Hall–Kier alpha value is -1.95. The van der Waals surface area contributed by atoms with Gasteiger partial charge in [0.1, 0.15) is 5.76 Å². The van der Waals surface area contributed by atoms with Crippen LogP contribution in [-0.2, 0) is 30.9 Å². The summed E-state index contributed by atoms with van der Waals surface area (Å²) in [6.45, 7) is 14.9. The quantitative estimate of drug-likeness (QED) is 0.387. The number of carbonyl (C=O) groups excluding carboxylic acids is 2. The third kappa shape index (κ3) is 3.59. The summed E-state index contributed by atoms with van der Waals surface area (Å²) in [6.07, 6.45) is 11.7. The SMILES string of the molecule is COCC[C@]1(C)c2oncc2C[C@]2(C)C3=CC(=O)[C@@H]4[C@@H]5CC(C)(C)C[C@@H](C(=O)OC)C5CC[C@@]4(C)[C@]3(C)CC[C@H]21. The highest BCUT2D eigenvalue weighted by Crippen LogP contribution is 2.73. The van der Waals surface area contributed by atoms with Crippen molar-refractivity contribution in [1.82, 2.24) is 5.16 Å². The largest absolute Gasteiger partial charge is 0.469 e. The number of rotatable bonds is 4. The molecular formula is C34H49NO5. The molecule has 0 aromatic carbocycles. The standard InChI is InChI=1S/C34H49NO5/c1-30(2)17-22-21(23(18-30)29(37)39-8)9-11-34(6)27(22)24(36)15-26-32(4)16-20-19-35-40-28(20)31(3,13-14-38-7)25(32)10-12-33(26,34)5/h15,19,21-23,25,27H,9-14,16-18H2,1-8H3/t21?,22-,23-,25+,27+,31+,32+,33-,34-/m1/s1. The van der Waals surface area contributed by atoms with Crippen LogP contribution in [0.1, 0.15) is 97.8 Å². The van der Waals surface area contributed by atoms with Crippen molar-refractivity contribution in [3.63, 3.8) is 0 Å². The molecule has 6 nitrogen and oxygen atoms in total. The minimum absolute atomic E-state index is 0.00427. The molecule has 0 amide bonds. The van der Waals surface area contributed by atoms with Crippen LogP contribution in [0.3, 0.4) is 0 Å². The Kier molecular flexibility index (Phi) is 6.36. The van der Waals surface area contributed by atoms with Crippen molar-refractivity contribution in [2.45, 2.75) is 98.3 Å². The summed E-state index contributed by atoms with van der Waals surface area (Å²) < 4.78 is 16.8. The zero-order valence-electron chi connectivity index (χ0n) is 25.9. The average molecular weight is 552 g/mol. The van der Waals surface area contributed by atoms with Gasteiger partial charge in [0.05, 0.1) is 19.2 Å². The van der Waals surface area contributed by atoms with Gasteiger partial charge in [-0.1, -0.05) is 52.3 Å². The highest BCUT2D eigenvalue weighted by Gasteiger charge is 2.69. The normalized spacial score (nSPS) is 45.2. The lowest BCUT2D eigenvalue weighted by atomic mass is 9.35. The fraction of sp³-hybridized carbons (Fsp3) is 0.794. The molecular weight excluding hydrogens is 502 g/mol. The number of ether oxygens (including phenoxy) is 2. The van der Waals surface area contributed by atoms with Crippen LogP contribution in [0.2, 0.25) is 0 Å². The van der Waals surface area contributed by atoms with Gasteiger partial charge in [0.2, 0.25) is 0 Å². The van der Waals surface area contributed by atoms with Crippen molar-refractivity contribution in [3.8, 4) is 0 Å². The lowest BCUT2D eigenvalue weighted by molar-refractivity contribution is -0.172. The molecule has 1 aromatic heterocycles. The van der Waals surface area contributed by atoms with Crippen LogP contribution in [0.25, 0.3) is 0 Å². The lowest BCUT2D eigenvalue weighted by Crippen LogP contribution is -2.64. The van der Waals surface area contributed by atoms with E-state index in [1.54, 1.807) is 7.11 Å². The number of hydrogen-bond donors (Lipinski definition) is 0. The third-order valence-electron chi connectivity index (χ3n) is 13.3. The van der Waals surface area contributed by atoms with Crippen LogP contribution in [0.5, 0.6) is 0 Å². The van der Waals surface area contributed by atoms with Crippen LogP contribution in [0.4, 0.5) is 0 Å². The molecule has 0 aliphatic heterocycles. The second-order valence-electron chi connectivity index (χ2n) is 15.8. The number of fused-ring (bicyclic) bond motifs is 8. The van der Waals surface area contributed by atoms with Crippen molar-refractivity contribution in [2.75, 3.05) is 20.8 Å². The second kappa shape index (κ2) is 9.02. The molecule has 220 valence electrons. The first kappa shape index (κ1) is 28.2. The number of nitrogens with zero attached hydrogens (tertiary/aromatic N) is 1. The maximum Gasteiger partial charge on any atom is 0.308 e. The Morgan fingerprint density at radius 2 is 1.80 bits per heavy atom. The van der Waals surface area contributed by atoms with E-state index >= 15 is 0 Å². The van der Waals surface area contributed by atoms with Gasteiger partial charge in [-0.3, -0.25) is 9.59 Å². The lowest BCUT2D eigenvalue weighted by Gasteiger charge is -2.68. The molecule has 0 radical (unpaired) electrons. The first-order chi connectivity index (χ1) is 18.8. The van der Waals surface area contributed by atoms with Crippen LogP contribution in [0, 0.1) is 51.2 Å². The van der Waals surface area contributed by atoms with Gasteiger partial charge in [0, 0.05) is 30.6 Å².